The van der Waals surface area contributed by atoms with Crippen molar-refractivity contribution in [3.8, 4) is 5.75 Å². The first-order chi connectivity index (χ1) is 20.1. The number of aliphatic hydroxyl groups is 1. The number of hydrogen-bond acceptors (Lipinski definition) is 4. The van der Waals surface area contributed by atoms with Crippen molar-refractivity contribution in [2.24, 2.45) is 56.7 Å². The second kappa shape index (κ2) is 10.2. The molecule has 5 aliphatic rings. The van der Waals surface area contributed by atoms with Crippen LogP contribution in [-0.2, 0) is 9.53 Å². The molecule has 0 spiro atoms. The molecule has 4 nitrogen and oxygen atoms in total. The van der Waals surface area contributed by atoms with Crippen molar-refractivity contribution >= 4 is 12.0 Å². The van der Waals surface area contributed by atoms with Crippen molar-refractivity contribution in [2.75, 3.05) is 0 Å². The molecule has 1 aromatic carbocycles. The van der Waals surface area contributed by atoms with Crippen molar-refractivity contribution in [1.82, 2.24) is 0 Å². The van der Waals surface area contributed by atoms with Crippen LogP contribution in [0.2, 0.25) is 0 Å². The highest BCUT2D eigenvalue weighted by atomic mass is 16.5. The summed E-state index contributed by atoms with van der Waals surface area (Å²) < 4.78 is 6.19. The average Bonchev–Trinajstić information content (AvgIpc) is 3.29. The van der Waals surface area contributed by atoms with E-state index in [1.165, 1.54) is 37.3 Å². The third kappa shape index (κ3) is 4.50. The van der Waals surface area contributed by atoms with Crippen molar-refractivity contribution in [3.05, 3.63) is 48.1 Å². The number of phenolic OH excluding ortho intramolecular Hbond substituents is 1. The van der Waals surface area contributed by atoms with Crippen LogP contribution in [0.15, 0.2) is 42.5 Å². The van der Waals surface area contributed by atoms with E-state index in [0.29, 0.717) is 29.1 Å². The minimum atomic E-state index is -0.308. The standard InChI is InChI=1S/C39H56O4/c1-24(2)27-15-18-36(5)21-22-38(7)28(33(27)36)23-29(41)34-37(6)19-17-31(35(3,4)30(37)16-20-39(34,38)8)43-32(42)14-11-25-9-12-26(40)13-10-25/h9-14,27-31,33-34,40-41H,1,15-23H2,2-8H3/t27-,28+,29+,30-,31-,33+,34+,36+,37-,38+,39+/m0/s1. The lowest BCUT2D eigenvalue weighted by Crippen LogP contribution is -2.70. The summed E-state index contributed by atoms with van der Waals surface area (Å²) >= 11 is 0. The summed E-state index contributed by atoms with van der Waals surface area (Å²) in [6, 6.07) is 6.81. The van der Waals surface area contributed by atoms with E-state index in [2.05, 4.69) is 55.0 Å². The molecule has 5 fully saturated rings. The molecule has 43 heavy (non-hydrogen) atoms. The van der Waals surface area contributed by atoms with Gasteiger partial charge in [0.15, 0.2) is 0 Å². The average molecular weight is 589 g/mol. The number of aliphatic hydroxyl groups excluding tert-OH is 1. The van der Waals surface area contributed by atoms with Gasteiger partial charge < -0.3 is 14.9 Å². The van der Waals surface area contributed by atoms with Crippen LogP contribution in [0.1, 0.15) is 112 Å². The predicted molar refractivity (Wildman–Crippen MR) is 173 cm³/mol. The molecule has 0 bridgehead atoms. The Morgan fingerprint density at radius 3 is 2.30 bits per heavy atom. The maximum atomic E-state index is 13.0. The van der Waals surface area contributed by atoms with E-state index in [4.69, 9.17) is 4.74 Å². The molecule has 5 aliphatic carbocycles. The van der Waals surface area contributed by atoms with Crippen molar-refractivity contribution < 1.29 is 19.7 Å². The number of fused-ring (bicyclic) bond motifs is 7. The molecule has 0 saturated heterocycles. The van der Waals surface area contributed by atoms with Crippen LogP contribution >= 0.6 is 0 Å². The highest BCUT2D eigenvalue weighted by Crippen LogP contribution is 2.77. The first-order valence-corrected chi connectivity index (χ1v) is 17.1. The number of rotatable bonds is 4. The number of carbonyl (C=O) groups excluding carboxylic acids is 1. The van der Waals surface area contributed by atoms with Crippen LogP contribution in [0.25, 0.3) is 6.08 Å². The van der Waals surface area contributed by atoms with Gasteiger partial charge in [-0.2, -0.15) is 0 Å². The van der Waals surface area contributed by atoms with E-state index < -0.39 is 0 Å². The molecule has 0 unspecified atom stereocenters. The number of phenols is 1. The van der Waals surface area contributed by atoms with E-state index >= 15 is 0 Å². The summed E-state index contributed by atoms with van der Waals surface area (Å²) in [5, 5.41) is 21.8. The fraction of sp³-hybridized carbons (Fsp3) is 0.718. The molecule has 6 rings (SSSR count). The van der Waals surface area contributed by atoms with Gasteiger partial charge in [0.25, 0.3) is 0 Å². The van der Waals surface area contributed by atoms with E-state index in [1.807, 2.05) is 0 Å². The maximum Gasteiger partial charge on any atom is 0.331 e. The second-order valence-electron chi connectivity index (χ2n) is 17.2. The molecule has 5 saturated carbocycles. The van der Waals surface area contributed by atoms with Crippen LogP contribution < -0.4 is 0 Å². The Labute approximate surface area is 260 Å². The molecule has 2 N–H and O–H groups in total. The third-order valence-electron chi connectivity index (χ3n) is 14.9. The van der Waals surface area contributed by atoms with E-state index in [1.54, 1.807) is 30.3 Å². The number of carbonyl (C=O) groups is 1. The van der Waals surface area contributed by atoms with Gasteiger partial charge in [-0.3, -0.25) is 0 Å². The summed E-state index contributed by atoms with van der Waals surface area (Å²) in [5.41, 5.74) is 2.68. The SMILES string of the molecule is C=C(C)[C@@H]1CC[C@]2(C)CC[C@]3(C)[C@H](C[C@@H](O)[C@@H]4[C@@]5(C)CC[C@H](OC(=O)C=Cc6ccc(O)cc6)C(C)(C)[C@@H]5CC[C@]43C)[C@@H]12. The van der Waals surface area contributed by atoms with E-state index in [-0.39, 0.29) is 51.5 Å². The molecular weight excluding hydrogens is 532 g/mol. The number of aromatic hydroxyl groups is 1. The minimum absolute atomic E-state index is 0.00113. The van der Waals surface area contributed by atoms with Crippen molar-refractivity contribution in [3.63, 3.8) is 0 Å². The Bertz CT molecular complexity index is 1290. The number of ether oxygens (including phenoxy) is 1. The summed E-state index contributed by atoms with van der Waals surface area (Å²) in [4.78, 5) is 13.0. The highest BCUT2D eigenvalue weighted by molar-refractivity contribution is 5.87. The zero-order valence-electron chi connectivity index (χ0n) is 27.8. The summed E-state index contributed by atoms with van der Waals surface area (Å²) in [7, 11) is 0. The lowest BCUT2D eigenvalue weighted by Gasteiger charge is -2.73. The zero-order valence-corrected chi connectivity index (χ0v) is 27.8. The zero-order chi connectivity index (χ0) is 31.2. The maximum absolute atomic E-state index is 13.0. The normalized spacial score (nSPS) is 46.7. The highest BCUT2D eigenvalue weighted by Gasteiger charge is 2.72. The molecule has 4 heteroatoms. The van der Waals surface area contributed by atoms with Gasteiger partial charge in [0.2, 0.25) is 0 Å². The van der Waals surface area contributed by atoms with Gasteiger partial charge in [0, 0.05) is 11.5 Å². The summed E-state index contributed by atoms with van der Waals surface area (Å²) in [5.74, 6) is 2.28. The van der Waals surface area contributed by atoms with E-state index in [0.717, 1.165) is 37.7 Å². The van der Waals surface area contributed by atoms with E-state index in [9.17, 15) is 15.0 Å². The van der Waals surface area contributed by atoms with Crippen LogP contribution in [0.3, 0.4) is 0 Å². The molecule has 236 valence electrons. The fourth-order valence-corrected chi connectivity index (χ4v) is 12.7. The van der Waals surface area contributed by atoms with Gasteiger partial charge in [-0.1, -0.05) is 65.8 Å². The van der Waals surface area contributed by atoms with Crippen LogP contribution in [-0.4, -0.2) is 28.4 Å². The third-order valence-corrected chi connectivity index (χ3v) is 14.9. The smallest absolute Gasteiger partial charge is 0.331 e. The first-order valence-electron chi connectivity index (χ1n) is 17.1. The Kier molecular flexibility index (Phi) is 7.36. The molecule has 0 amide bonds. The molecule has 0 heterocycles. The number of benzene rings is 1. The summed E-state index contributed by atoms with van der Waals surface area (Å²) in [6.07, 6.45) is 12.9. The molecule has 1 aromatic rings. The van der Waals surface area contributed by atoms with Gasteiger partial charge >= 0.3 is 5.97 Å². The van der Waals surface area contributed by atoms with Gasteiger partial charge in [-0.05, 0) is 140 Å². The van der Waals surface area contributed by atoms with Gasteiger partial charge in [0.1, 0.15) is 11.9 Å². The minimum Gasteiger partial charge on any atom is -0.508 e. The number of esters is 1. The Balaban J connectivity index is 1.25. The van der Waals surface area contributed by atoms with Crippen LogP contribution in [0.4, 0.5) is 0 Å². The van der Waals surface area contributed by atoms with Gasteiger partial charge in [-0.15, -0.1) is 0 Å². The van der Waals surface area contributed by atoms with Gasteiger partial charge in [0.05, 0.1) is 6.10 Å². The Hall–Kier alpha value is -2.07. The van der Waals surface area contributed by atoms with Crippen LogP contribution in [0.5, 0.6) is 5.75 Å². The van der Waals surface area contributed by atoms with Gasteiger partial charge in [-0.25, -0.2) is 4.79 Å². The van der Waals surface area contributed by atoms with Crippen molar-refractivity contribution in [2.45, 2.75) is 118 Å². The Morgan fingerprint density at radius 1 is 0.930 bits per heavy atom. The molecule has 0 radical (unpaired) electrons. The van der Waals surface area contributed by atoms with Crippen molar-refractivity contribution in [1.29, 1.82) is 0 Å². The van der Waals surface area contributed by atoms with Crippen LogP contribution in [0, 0.1) is 56.7 Å². The number of allylic oxidation sites excluding steroid dienone is 1. The molecule has 0 aromatic heterocycles. The largest absolute Gasteiger partial charge is 0.508 e. The molecular formula is C39H56O4. The lowest BCUT2D eigenvalue weighted by atomic mass is 9.32. The number of hydrogen-bond donors (Lipinski definition) is 2. The molecule has 0 aliphatic heterocycles. The quantitative estimate of drug-likeness (QED) is 0.209. The second-order valence-corrected chi connectivity index (χ2v) is 17.2. The lowest BCUT2D eigenvalue weighted by molar-refractivity contribution is -0.276. The first kappa shape index (κ1) is 30.9. The predicted octanol–water partition coefficient (Wildman–Crippen LogP) is 8.97. The topological polar surface area (TPSA) is 66.8 Å². The monoisotopic (exact) mass is 588 g/mol. The molecule has 11 atom stereocenters. The summed E-state index contributed by atoms with van der Waals surface area (Å²) in [6.45, 7) is 21.5. The Morgan fingerprint density at radius 2 is 1.63 bits per heavy atom. The fourth-order valence-electron chi connectivity index (χ4n) is 12.7.